The van der Waals surface area contributed by atoms with Gasteiger partial charge in [0.15, 0.2) is 0 Å². The molecule has 2 atom stereocenters. The first kappa shape index (κ1) is 10.8. The van der Waals surface area contributed by atoms with E-state index in [0.29, 0.717) is 17.2 Å². The van der Waals surface area contributed by atoms with Crippen LogP contribution in [0.25, 0.3) is 0 Å². The number of anilines is 1. The molecule has 0 spiro atoms. The summed E-state index contributed by atoms with van der Waals surface area (Å²) < 4.78 is 0.876. The van der Waals surface area contributed by atoms with Crippen LogP contribution in [0.15, 0.2) is 16.7 Å². The molecule has 86 valence electrons. The fraction of sp³-hybridized carbons (Fsp3) is 0.545. The average molecular weight is 303 g/mol. The highest BCUT2D eigenvalue weighted by molar-refractivity contribution is 9.10. The Balaban J connectivity index is 1.89. The van der Waals surface area contributed by atoms with Crippen LogP contribution in [0.2, 0.25) is 5.15 Å². The van der Waals surface area contributed by atoms with Crippen LogP contribution in [0.5, 0.6) is 0 Å². The molecule has 0 aliphatic carbocycles. The summed E-state index contributed by atoms with van der Waals surface area (Å²) in [5, 5.41) is 4.08. The lowest BCUT2D eigenvalue weighted by molar-refractivity contribution is 0.290. The zero-order valence-electron chi connectivity index (χ0n) is 8.79. The zero-order valence-corrected chi connectivity index (χ0v) is 11.1. The molecular formula is C11H13BrClN3. The number of nitrogens with one attached hydrogen (secondary N) is 1. The molecular weight excluding hydrogens is 289 g/mol. The van der Waals surface area contributed by atoms with Gasteiger partial charge >= 0.3 is 0 Å². The largest absolute Gasteiger partial charge is 0.364 e. The van der Waals surface area contributed by atoms with E-state index in [2.05, 4.69) is 37.2 Å². The van der Waals surface area contributed by atoms with Gasteiger partial charge in [0, 0.05) is 25.2 Å². The van der Waals surface area contributed by atoms with E-state index in [4.69, 9.17) is 11.6 Å². The first-order valence-electron chi connectivity index (χ1n) is 5.55. The monoisotopic (exact) mass is 301 g/mol. The average Bonchev–Trinajstić information content (AvgIpc) is 2.34. The second kappa shape index (κ2) is 4.17. The first-order chi connectivity index (χ1) is 7.74. The lowest BCUT2D eigenvalue weighted by Crippen LogP contribution is -2.61. The third-order valence-electron chi connectivity index (χ3n) is 3.46. The van der Waals surface area contributed by atoms with Crippen molar-refractivity contribution in [3.8, 4) is 0 Å². The summed E-state index contributed by atoms with van der Waals surface area (Å²) in [6.45, 7) is 2.17. The lowest BCUT2D eigenvalue weighted by Gasteiger charge is -2.47. The third-order valence-corrected chi connectivity index (χ3v) is 4.60. The zero-order chi connectivity index (χ0) is 11.1. The van der Waals surface area contributed by atoms with Crippen molar-refractivity contribution in [3.05, 3.63) is 21.9 Å². The van der Waals surface area contributed by atoms with Gasteiger partial charge in [-0.1, -0.05) is 11.6 Å². The molecule has 0 aromatic carbocycles. The minimum Gasteiger partial charge on any atom is -0.364 e. The summed E-state index contributed by atoms with van der Waals surface area (Å²) in [4.78, 5) is 6.64. The standard InChI is InChI=1S/C11H13BrClN3/c12-10-3-9(5-15-11(10)13)16-6-7-1-2-8(16)4-14-7/h3,5,7-8,14H,1-2,4,6H2/t7-,8-/m1/s1. The maximum Gasteiger partial charge on any atom is 0.143 e. The number of aromatic nitrogens is 1. The van der Waals surface area contributed by atoms with Crippen molar-refractivity contribution in [2.75, 3.05) is 18.0 Å². The number of piperazine rings is 1. The van der Waals surface area contributed by atoms with E-state index in [1.165, 1.54) is 18.5 Å². The van der Waals surface area contributed by atoms with Crippen molar-refractivity contribution in [1.82, 2.24) is 10.3 Å². The van der Waals surface area contributed by atoms with Crippen LogP contribution >= 0.6 is 27.5 Å². The van der Waals surface area contributed by atoms with Crippen LogP contribution in [0.1, 0.15) is 12.8 Å². The summed E-state index contributed by atoms with van der Waals surface area (Å²) in [7, 11) is 0. The van der Waals surface area contributed by atoms with Gasteiger partial charge in [-0.05, 0) is 34.8 Å². The summed E-state index contributed by atoms with van der Waals surface area (Å²) in [5.41, 5.74) is 1.17. The van der Waals surface area contributed by atoms with Crippen molar-refractivity contribution < 1.29 is 0 Å². The summed E-state index contributed by atoms with van der Waals surface area (Å²) >= 11 is 9.34. The number of rotatable bonds is 1. The van der Waals surface area contributed by atoms with E-state index >= 15 is 0 Å². The molecule has 1 N–H and O–H groups in total. The van der Waals surface area contributed by atoms with Gasteiger partial charge < -0.3 is 10.2 Å². The van der Waals surface area contributed by atoms with Gasteiger partial charge in [-0.3, -0.25) is 0 Å². The predicted molar refractivity (Wildman–Crippen MR) is 69.1 cm³/mol. The van der Waals surface area contributed by atoms with Gasteiger partial charge in [-0.15, -0.1) is 0 Å². The van der Waals surface area contributed by atoms with Gasteiger partial charge in [0.25, 0.3) is 0 Å². The minimum atomic E-state index is 0.532. The number of hydrogen-bond acceptors (Lipinski definition) is 3. The minimum absolute atomic E-state index is 0.532. The highest BCUT2D eigenvalue weighted by Crippen LogP contribution is 2.31. The molecule has 3 nitrogen and oxygen atoms in total. The number of halogens is 2. The second-order valence-electron chi connectivity index (χ2n) is 4.45. The van der Waals surface area contributed by atoms with Crippen molar-refractivity contribution in [2.24, 2.45) is 0 Å². The highest BCUT2D eigenvalue weighted by Gasteiger charge is 2.33. The number of piperidine rings is 2. The van der Waals surface area contributed by atoms with Crippen molar-refractivity contribution in [3.63, 3.8) is 0 Å². The van der Waals surface area contributed by atoms with Gasteiger partial charge in [0.05, 0.1) is 16.4 Å². The Kier molecular flexibility index (Phi) is 2.81. The Morgan fingerprint density at radius 1 is 1.50 bits per heavy atom. The van der Waals surface area contributed by atoms with Gasteiger partial charge in [-0.2, -0.15) is 0 Å². The van der Waals surface area contributed by atoms with Crippen LogP contribution in [0, 0.1) is 0 Å². The molecule has 3 saturated heterocycles. The van der Waals surface area contributed by atoms with Crippen molar-refractivity contribution >= 4 is 33.2 Å². The van der Waals surface area contributed by atoms with Crippen LogP contribution in [0.4, 0.5) is 5.69 Å². The van der Waals surface area contributed by atoms with Crippen molar-refractivity contribution in [1.29, 1.82) is 0 Å². The Morgan fingerprint density at radius 2 is 2.38 bits per heavy atom. The molecule has 16 heavy (non-hydrogen) atoms. The normalized spacial score (nSPS) is 28.5. The molecule has 3 fully saturated rings. The third kappa shape index (κ3) is 1.83. The van der Waals surface area contributed by atoms with E-state index in [9.17, 15) is 0 Å². The SMILES string of the molecule is Clc1ncc(N2C[C@H]3CC[C@@H]2CN3)cc1Br. The molecule has 3 aliphatic rings. The molecule has 2 bridgehead atoms. The maximum absolute atomic E-state index is 5.91. The Labute approximate surface area is 108 Å². The molecule has 5 heteroatoms. The fourth-order valence-corrected chi connectivity index (χ4v) is 3.03. The van der Waals surface area contributed by atoms with Crippen LogP contribution in [0.3, 0.4) is 0 Å². The molecule has 0 saturated carbocycles. The van der Waals surface area contributed by atoms with Crippen LogP contribution < -0.4 is 10.2 Å². The van der Waals surface area contributed by atoms with Crippen molar-refractivity contribution in [2.45, 2.75) is 24.9 Å². The van der Waals surface area contributed by atoms with E-state index in [-0.39, 0.29) is 0 Å². The highest BCUT2D eigenvalue weighted by atomic mass is 79.9. The van der Waals surface area contributed by atoms with Crippen LogP contribution in [-0.4, -0.2) is 30.2 Å². The predicted octanol–water partition coefficient (Wildman–Crippen LogP) is 2.44. The van der Waals surface area contributed by atoms with Crippen LogP contribution in [-0.2, 0) is 0 Å². The number of nitrogens with zero attached hydrogens (tertiary/aromatic N) is 2. The maximum atomic E-state index is 5.91. The Bertz CT molecular complexity index is 404. The summed E-state index contributed by atoms with van der Waals surface area (Å²) in [5.74, 6) is 0. The molecule has 0 unspecified atom stereocenters. The smallest absolute Gasteiger partial charge is 0.143 e. The molecule has 1 aromatic heterocycles. The fourth-order valence-electron chi connectivity index (χ4n) is 2.59. The number of pyridine rings is 1. The first-order valence-corrected chi connectivity index (χ1v) is 6.72. The summed E-state index contributed by atoms with van der Waals surface area (Å²) in [6, 6.07) is 3.31. The van der Waals surface area contributed by atoms with E-state index < -0.39 is 0 Å². The van der Waals surface area contributed by atoms with E-state index in [0.717, 1.165) is 17.6 Å². The van der Waals surface area contributed by atoms with Gasteiger partial charge in [0.2, 0.25) is 0 Å². The van der Waals surface area contributed by atoms with Gasteiger partial charge in [0.1, 0.15) is 5.15 Å². The number of fused-ring (bicyclic) bond motifs is 3. The number of hydrogen-bond donors (Lipinski definition) is 1. The molecule has 0 radical (unpaired) electrons. The topological polar surface area (TPSA) is 28.2 Å². The lowest BCUT2D eigenvalue weighted by atomic mass is 9.93. The van der Waals surface area contributed by atoms with E-state index in [1.807, 2.05) is 6.20 Å². The Hall–Kier alpha value is -0.320. The molecule has 3 aliphatic heterocycles. The van der Waals surface area contributed by atoms with Gasteiger partial charge in [-0.25, -0.2) is 4.98 Å². The molecule has 0 amide bonds. The van der Waals surface area contributed by atoms with E-state index in [1.54, 1.807) is 0 Å². The second-order valence-corrected chi connectivity index (χ2v) is 5.67. The Morgan fingerprint density at radius 3 is 2.94 bits per heavy atom. The molecule has 4 heterocycles. The summed E-state index contributed by atoms with van der Waals surface area (Å²) in [6.07, 6.45) is 4.44. The quantitative estimate of drug-likeness (QED) is 0.808. The molecule has 1 aromatic rings. The molecule has 4 rings (SSSR count).